The monoisotopic (exact) mass is 418 g/mol. The third-order valence-electron chi connectivity index (χ3n) is 5.66. The molecule has 0 saturated carbocycles. The molecule has 1 aromatic carbocycles. The van der Waals surface area contributed by atoms with Crippen molar-refractivity contribution in [3.05, 3.63) is 29.3 Å². The second-order valence-corrected chi connectivity index (χ2v) is 7.94. The number of ether oxygens (including phenoxy) is 2. The molecular weight excluding hydrogens is 376 g/mol. The molecule has 0 aliphatic carbocycles. The molecule has 0 radical (unpaired) electrons. The maximum absolute atomic E-state index is 5.95. The van der Waals surface area contributed by atoms with Crippen molar-refractivity contribution >= 4 is 5.96 Å². The number of piperidine rings is 1. The van der Waals surface area contributed by atoms with Crippen molar-refractivity contribution in [2.75, 3.05) is 52.5 Å². The first-order valence-electron chi connectivity index (χ1n) is 11.7. The summed E-state index contributed by atoms with van der Waals surface area (Å²) in [5.41, 5.74) is 2.29. The van der Waals surface area contributed by atoms with Gasteiger partial charge < -0.3 is 25.0 Å². The van der Waals surface area contributed by atoms with E-state index in [2.05, 4.69) is 54.5 Å². The number of guanidine groups is 1. The molecule has 6 heteroatoms. The van der Waals surface area contributed by atoms with Gasteiger partial charge in [-0.2, -0.15) is 0 Å². The van der Waals surface area contributed by atoms with Crippen LogP contribution < -0.4 is 15.4 Å². The lowest BCUT2D eigenvalue weighted by Gasteiger charge is -2.31. The van der Waals surface area contributed by atoms with Crippen molar-refractivity contribution in [2.24, 2.45) is 10.9 Å². The Morgan fingerprint density at radius 1 is 1.13 bits per heavy atom. The molecule has 170 valence electrons. The number of aliphatic imine (C=N–C) groups is 1. The van der Waals surface area contributed by atoms with Crippen LogP contribution in [0.5, 0.6) is 5.75 Å². The zero-order chi connectivity index (χ0) is 21.6. The van der Waals surface area contributed by atoms with E-state index in [4.69, 9.17) is 14.5 Å². The van der Waals surface area contributed by atoms with Crippen LogP contribution >= 0.6 is 0 Å². The summed E-state index contributed by atoms with van der Waals surface area (Å²) in [5, 5.41) is 6.89. The summed E-state index contributed by atoms with van der Waals surface area (Å²) in [4.78, 5) is 7.35. The molecule has 0 bridgehead atoms. The van der Waals surface area contributed by atoms with Crippen LogP contribution in [-0.4, -0.2) is 63.4 Å². The molecule has 0 unspecified atom stereocenters. The average Bonchev–Trinajstić information content (AvgIpc) is 2.76. The third-order valence-corrected chi connectivity index (χ3v) is 5.66. The van der Waals surface area contributed by atoms with Gasteiger partial charge in [0, 0.05) is 25.3 Å². The summed E-state index contributed by atoms with van der Waals surface area (Å²) in [6.07, 6.45) is 3.84. The lowest BCUT2D eigenvalue weighted by molar-refractivity contribution is 0.110. The maximum Gasteiger partial charge on any atom is 0.191 e. The van der Waals surface area contributed by atoms with Gasteiger partial charge in [-0.15, -0.1) is 0 Å². The normalized spacial score (nSPS) is 15.9. The molecule has 0 spiro atoms. The topological polar surface area (TPSA) is 58.1 Å². The van der Waals surface area contributed by atoms with Crippen LogP contribution in [0.15, 0.2) is 23.2 Å². The summed E-state index contributed by atoms with van der Waals surface area (Å²) < 4.78 is 11.3. The van der Waals surface area contributed by atoms with Crippen LogP contribution in [0.1, 0.15) is 51.2 Å². The van der Waals surface area contributed by atoms with Gasteiger partial charge >= 0.3 is 0 Å². The molecule has 1 aromatic rings. The van der Waals surface area contributed by atoms with Crippen LogP contribution in [0.4, 0.5) is 0 Å². The minimum absolute atomic E-state index is 0.559. The summed E-state index contributed by atoms with van der Waals surface area (Å²) in [5.74, 6) is 2.60. The number of nitrogens with zero attached hydrogens (tertiary/aromatic N) is 2. The minimum Gasteiger partial charge on any atom is -0.491 e. The van der Waals surface area contributed by atoms with Crippen molar-refractivity contribution in [2.45, 2.75) is 53.5 Å². The van der Waals surface area contributed by atoms with Crippen LogP contribution in [0.25, 0.3) is 0 Å². The Morgan fingerprint density at radius 2 is 1.93 bits per heavy atom. The average molecular weight is 419 g/mol. The van der Waals surface area contributed by atoms with E-state index >= 15 is 0 Å². The van der Waals surface area contributed by atoms with Crippen LogP contribution in [0, 0.1) is 12.8 Å². The highest BCUT2D eigenvalue weighted by atomic mass is 16.5. The van der Waals surface area contributed by atoms with E-state index in [1.54, 1.807) is 0 Å². The third kappa shape index (κ3) is 8.92. The lowest BCUT2D eigenvalue weighted by Crippen LogP contribution is -2.39. The summed E-state index contributed by atoms with van der Waals surface area (Å²) in [6.45, 7) is 16.4. The lowest BCUT2D eigenvalue weighted by atomic mass is 9.93. The summed E-state index contributed by atoms with van der Waals surface area (Å²) in [6, 6.07) is 6.31. The Hall–Kier alpha value is -1.79. The van der Waals surface area contributed by atoms with E-state index in [0.717, 1.165) is 36.3 Å². The molecular formula is C24H42N4O2. The van der Waals surface area contributed by atoms with E-state index in [1.165, 1.54) is 44.5 Å². The zero-order valence-corrected chi connectivity index (χ0v) is 19.5. The van der Waals surface area contributed by atoms with Gasteiger partial charge in [-0.25, -0.2) is 4.99 Å². The molecule has 1 aliphatic rings. The molecule has 0 atom stereocenters. The molecule has 2 N–H and O–H groups in total. The van der Waals surface area contributed by atoms with Gasteiger partial charge in [0.1, 0.15) is 12.4 Å². The predicted octanol–water partition coefficient (Wildman–Crippen LogP) is 3.59. The molecule has 1 heterocycles. The van der Waals surface area contributed by atoms with Gasteiger partial charge in [-0.3, -0.25) is 0 Å². The highest BCUT2D eigenvalue weighted by Crippen LogP contribution is 2.22. The van der Waals surface area contributed by atoms with Gasteiger partial charge in [0.2, 0.25) is 0 Å². The first-order valence-corrected chi connectivity index (χ1v) is 11.7. The molecule has 6 nitrogen and oxygen atoms in total. The highest BCUT2D eigenvalue weighted by Gasteiger charge is 2.17. The first-order chi connectivity index (χ1) is 14.7. The summed E-state index contributed by atoms with van der Waals surface area (Å²) >= 11 is 0. The first kappa shape index (κ1) is 24.5. The Kier molecular flexibility index (Phi) is 11.6. The second kappa shape index (κ2) is 14.3. The molecule has 1 fully saturated rings. The van der Waals surface area contributed by atoms with Gasteiger partial charge in [0.05, 0.1) is 13.2 Å². The van der Waals surface area contributed by atoms with Crippen molar-refractivity contribution in [3.8, 4) is 5.75 Å². The van der Waals surface area contributed by atoms with E-state index in [1.807, 2.05) is 6.92 Å². The number of nitrogens with one attached hydrogen (secondary N) is 2. The molecule has 1 saturated heterocycles. The molecule has 0 amide bonds. The van der Waals surface area contributed by atoms with Crippen molar-refractivity contribution < 1.29 is 9.47 Å². The van der Waals surface area contributed by atoms with Crippen LogP contribution in [0.3, 0.4) is 0 Å². The Morgan fingerprint density at radius 3 is 2.63 bits per heavy atom. The van der Waals surface area contributed by atoms with E-state index in [0.29, 0.717) is 26.4 Å². The standard InChI is InChI=1S/C24H42N4O2/c1-5-25-24(26-13-10-21-11-14-28(6-2)15-12-21)27-19-22-9-8-20(4)18-23(22)30-17-16-29-7-3/h8-9,18,21H,5-7,10-17,19H2,1-4H3,(H2,25,26,27). The molecule has 0 aromatic heterocycles. The minimum atomic E-state index is 0.559. The quantitative estimate of drug-likeness (QED) is 0.309. The molecule has 30 heavy (non-hydrogen) atoms. The van der Waals surface area contributed by atoms with E-state index in [-0.39, 0.29) is 0 Å². The highest BCUT2D eigenvalue weighted by molar-refractivity contribution is 5.79. The SMILES string of the molecule is CCNC(=NCc1ccc(C)cc1OCCOCC)NCCC1CCN(CC)CC1. The Balaban J connectivity index is 1.86. The van der Waals surface area contributed by atoms with Crippen molar-refractivity contribution in [1.82, 2.24) is 15.5 Å². The predicted molar refractivity (Wildman–Crippen MR) is 125 cm³/mol. The van der Waals surface area contributed by atoms with Gasteiger partial charge in [0.25, 0.3) is 0 Å². The Bertz CT molecular complexity index is 628. The largest absolute Gasteiger partial charge is 0.491 e. The summed E-state index contributed by atoms with van der Waals surface area (Å²) in [7, 11) is 0. The fourth-order valence-electron chi connectivity index (χ4n) is 3.77. The zero-order valence-electron chi connectivity index (χ0n) is 19.5. The number of aryl methyl sites for hydroxylation is 1. The van der Waals surface area contributed by atoms with E-state index < -0.39 is 0 Å². The van der Waals surface area contributed by atoms with Crippen LogP contribution in [-0.2, 0) is 11.3 Å². The van der Waals surface area contributed by atoms with Crippen LogP contribution in [0.2, 0.25) is 0 Å². The van der Waals surface area contributed by atoms with Gasteiger partial charge in [0.15, 0.2) is 5.96 Å². The molecule has 2 rings (SSSR count). The fourth-order valence-corrected chi connectivity index (χ4v) is 3.77. The Labute approximate surface area is 183 Å². The smallest absolute Gasteiger partial charge is 0.191 e. The number of likely N-dealkylation sites (tertiary alicyclic amines) is 1. The number of benzene rings is 1. The van der Waals surface area contributed by atoms with Gasteiger partial charge in [-0.1, -0.05) is 19.1 Å². The van der Waals surface area contributed by atoms with Crippen molar-refractivity contribution in [1.29, 1.82) is 0 Å². The number of rotatable bonds is 12. The van der Waals surface area contributed by atoms with Crippen molar-refractivity contribution in [3.63, 3.8) is 0 Å². The van der Waals surface area contributed by atoms with E-state index in [9.17, 15) is 0 Å². The molecule has 1 aliphatic heterocycles. The number of hydrogen-bond donors (Lipinski definition) is 2. The number of hydrogen-bond acceptors (Lipinski definition) is 4. The second-order valence-electron chi connectivity index (χ2n) is 7.94. The maximum atomic E-state index is 5.95. The fraction of sp³-hybridized carbons (Fsp3) is 0.708. The van der Waals surface area contributed by atoms with Gasteiger partial charge in [-0.05, 0) is 77.2 Å².